The minimum absolute atomic E-state index is 0.0364. The molecule has 0 bridgehead atoms. The van der Waals surface area contributed by atoms with Gasteiger partial charge in [0, 0.05) is 6.42 Å². The summed E-state index contributed by atoms with van der Waals surface area (Å²) in [6.45, 7) is 0. The van der Waals surface area contributed by atoms with Crippen LogP contribution in [0.3, 0.4) is 0 Å². The van der Waals surface area contributed by atoms with Crippen molar-refractivity contribution < 1.29 is 43.5 Å². The van der Waals surface area contributed by atoms with Crippen molar-refractivity contribution in [1.29, 1.82) is 0 Å². The van der Waals surface area contributed by atoms with Crippen molar-refractivity contribution in [1.82, 2.24) is 19.5 Å². The number of aromatic nitrogens is 4. The summed E-state index contributed by atoms with van der Waals surface area (Å²) in [5, 5.41) is 30.6. The van der Waals surface area contributed by atoms with Gasteiger partial charge in [0.05, 0.1) is 18.5 Å². The molecule has 1 unspecified atom stereocenters. The van der Waals surface area contributed by atoms with Crippen molar-refractivity contribution in [3.8, 4) is 5.75 Å². The molecule has 3 heterocycles. The van der Waals surface area contributed by atoms with Crippen molar-refractivity contribution in [3.05, 3.63) is 40.4 Å². The molecule has 1 saturated heterocycles. The van der Waals surface area contributed by atoms with Crippen molar-refractivity contribution in [3.63, 3.8) is 0 Å². The van der Waals surface area contributed by atoms with Gasteiger partial charge in [-0.3, -0.25) is 4.57 Å². The van der Waals surface area contributed by atoms with Crippen LogP contribution in [0.1, 0.15) is 11.8 Å². The molecule has 2 fully saturated rings. The molecule has 5 atom stereocenters. The maximum atomic E-state index is 15.6. The van der Waals surface area contributed by atoms with Crippen LogP contribution < -0.4 is 10.5 Å². The number of ether oxygens (including phenoxy) is 3. The Morgan fingerprint density at radius 2 is 2.00 bits per heavy atom. The van der Waals surface area contributed by atoms with E-state index in [9.17, 15) is 24.9 Å². The number of halogens is 3. The highest BCUT2D eigenvalue weighted by Crippen LogP contribution is 2.58. The molecule has 0 amide bonds. The summed E-state index contributed by atoms with van der Waals surface area (Å²) in [5.74, 6) is -3.50. The Kier molecular flexibility index (Phi) is 5.91. The van der Waals surface area contributed by atoms with Gasteiger partial charge in [0.1, 0.15) is 23.5 Å². The van der Waals surface area contributed by atoms with Crippen LogP contribution in [0, 0.1) is 0 Å². The number of hydrogen-bond donors (Lipinski definition) is 4. The average Bonchev–Trinajstić information content (AvgIpc) is 3.07. The fourth-order valence-electron chi connectivity index (χ4n) is 4.44. The SMILES string of the molecule is COc1ccc(CC(OC2[C@H]3O[C@@H](n4cnc5c(N)nc(Cl)nc54)[C@@H](F)[C@@]23O)(C(=O)O)C(=O)O)cc1Cl. The summed E-state index contributed by atoms with van der Waals surface area (Å²) in [6.07, 6.45) is -6.18. The van der Waals surface area contributed by atoms with Crippen LogP contribution in [0.2, 0.25) is 10.3 Å². The quantitative estimate of drug-likeness (QED) is 0.229. The fraction of sp³-hybridized carbons (Fsp3) is 0.381. The molecule has 2 aromatic heterocycles. The zero-order valence-electron chi connectivity index (χ0n) is 18.7. The van der Waals surface area contributed by atoms with Crippen molar-refractivity contribution in [2.24, 2.45) is 0 Å². The van der Waals surface area contributed by atoms with E-state index in [1.807, 2.05) is 0 Å². The van der Waals surface area contributed by atoms with Gasteiger partial charge in [-0.2, -0.15) is 9.97 Å². The summed E-state index contributed by atoms with van der Waals surface area (Å²) < 4.78 is 32.8. The molecule has 37 heavy (non-hydrogen) atoms. The van der Waals surface area contributed by atoms with Gasteiger partial charge in [0.15, 0.2) is 29.5 Å². The van der Waals surface area contributed by atoms with Gasteiger partial charge in [-0.05, 0) is 29.3 Å². The van der Waals surface area contributed by atoms with Crippen LogP contribution in [0.15, 0.2) is 24.5 Å². The number of carboxylic acids is 2. The third kappa shape index (κ3) is 3.75. The van der Waals surface area contributed by atoms with Gasteiger partial charge >= 0.3 is 11.9 Å². The van der Waals surface area contributed by atoms with Crippen molar-refractivity contribution in [2.75, 3.05) is 12.8 Å². The number of methoxy groups -OCH3 is 1. The molecular weight excluding hydrogens is 540 g/mol. The zero-order chi connectivity index (χ0) is 26.9. The number of nitrogens with two attached hydrogens (primary N) is 1. The Morgan fingerprint density at radius 3 is 2.57 bits per heavy atom. The number of fused-ring (bicyclic) bond motifs is 2. The van der Waals surface area contributed by atoms with Crippen molar-refractivity contribution in [2.45, 2.75) is 42.2 Å². The number of alkyl halides is 1. The van der Waals surface area contributed by atoms with Crippen LogP contribution in [0.5, 0.6) is 5.75 Å². The van der Waals surface area contributed by atoms with Crippen LogP contribution in [0.25, 0.3) is 11.2 Å². The Bertz CT molecular complexity index is 1430. The number of aliphatic carboxylic acids is 2. The molecule has 3 aromatic rings. The fourth-order valence-corrected chi connectivity index (χ4v) is 4.89. The zero-order valence-corrected chi connectivity index (χ0v) is 20.2. The summed E-state index contributed by atoms with van der Waals surface area (Å²) in [5.41, 5.74) is 0.860. The number of carbonyl (C=O) groups is 2. The largest absolute Gasteiger partial charge is 0.495 e. The molecule has 16 heteroatoms. The number of imidazole rings is 1. The third-order valence-corrected chi connectivity index (χ3v) is 6.90. The highest BCUT2D eigenvalue weighted by atomic mass is 35.5. The normalized spacial score (nSPS) is 26.7. The second kappa shape index (κ2) is 8.63. The summed E-state index contributed by atoms with van der Waals surface area (Å²) >= 11 is 11.9. The summed E-state index contributed by atoms with van der Waals surface area (Å²) in [7, 11) is 1.37. The molecule has 2 aliphatic rings. The van der Waals surface area contributed by atoms with E-state index in [4.69, 9.17) is 43.1 Å². The highest BCUT2D eigenvalue weighted by molar-refractivity contribution is 6.32. The number of carboxylic acid groups (broad SMARTS) is 2. The maximum Gasteiger partial charge on any atom is 0.348 e. The topological polar surface area (TPSA) is 192 Å². The van der Waals surface area contributed by atoms with Gasteiger partial charge in [0.25, 0.3) is 5.60 Å². The van der Waals surface area contributed by atoms with E-state index in [1.165, 1.54) is 31.6 Å². The molecular formula is C21H18Cl2FN5O8. The lowest BCUT2D eigenvalue weighted by Crippen LogP contribution is -2.53. The molecule has 1 aliphatic heterocycles. The number of hydrogen-bond acceptors (Lipinski definition) is 10. The number of rotatable bonds is 8. The Labute approximate surface area is 216 Å². The van der Waals surface area contributed by atoms with E-state index in [2.05, 4.69) is 15.0 Å². The van der Waals surface area contributed by atoms with E-state index in [1.54, 1.807) is 0 Å². The molecule has 0 spiro atoms. The minimum atomic E-state index is -2.89. The number of benzene rings is 1. The van der Waals surface area contributed by atoms with Gasteiger partial charge in [-0.25, -0.2) is 19.0 Å². The number of anilines is 1. The van der Waals surface area contributed by atoms with Gasteiger partial charge in [-0.1, -0.05) is 17.7 Å². The third-order valence-electron chi connectivity index (χ3n) is 6.44. The lowest BCUT2D eigenvalue weighted by atomic mass is 9.94. The van der Waals surface area contributed by atoms with Crippen LogP contribution in [-0.4, -0.2) is 83.5 Å². The number of nitrogen functional groups attached to an aromatic ring is 1. The van der Waals surface area contributed by atoms with Crippen LogP contribution >= 0.6 is 23.2 Å². The summed E-state index contributed by atoms with van der Waals surface area (Å²) in [4.78, 5) is 36.1. The first-order valence-corrected chi connectivity index (χ1v) is 11.3. The van der Waals surface area contributed by atoms with E-state index in [0.29, 0.717) is 0 Å². The van der Waals surface area contributed by atoms with Gasteiger partial charge in [0.2, 0.25) is 5.28 Å². The molecule has 13 nitrogen and oxygen atoms in total. The molecule has 1 aromatic carbocycles. The first-order valence-electron chi connectivity index (χ1n) is 10.6. The van der Waals surface area contributed by atoms with Crippen LogP contribution in [0.4, 0.5) is 10.2 Å². The van der Waals surface area contributed by atoms with E-state index in [-0.39, 0.29) is 38.6 Å². The maximum absolute atomic E-state index is 15.6. The lowest BCUT2D eigenvalue weighted by molar-refractivity contribution is -0.194. The van der Waals surface area contributed by atoms with E-state index < -0.39 is 54.2 Å². The average molecular weight is 558 g/mol. The van der Waals surface area contributed by atoms with E-state index in [0.717, 1.165) is 4.57 Å². The smallest absolute Gasteiger partial charge is 0.348 e. The first-order chi connectivity index (χ1) is 17.4. The molecule has 1 saturated carbocycles. The predicted molar refractivity (Wildman–Crippen MR) is 123 cm³/mol. The minimum Gasteiger partial charge on any atom is -0.495 e. The van der Waals surface area contributed by atoms with Crippen LogP contribution in [-0.2, 0) is 25.5 Å². The monoisotopic (exact) mass is 557 g/mol. The Hall–Kier alpha value is -3.30. The second-order valence-electron chi connectivity index (χ2n) is 8.56. The first kappa shape index (κ1) is 25.4. The molecule has 5 N–H and O–H groups in total. The second-order valence-corrected chi connectivity index (χ2v) is 9.30. The number of nitrogens with zero attached hydrogens (tertiary/aromatic N) is 4. The van der Waals surface area contributed by atoms with Gasteiger partial charge < -0.3 is 35.3 Å². The van der Waals surface area contributed by atoms with Gasteiger partial charge in [-0.15, -0.1) is 0 Å². The molecule has 1 aliphatic carbocycles. The molecule has 0 radical (unpaired) electrons. The standard InChI is InChI=1S/C21H18Cl2FN5O8/c1-35-9-3-2-7(4-8(9)22)5-20(17(30)31,18(32)33)37-13-12-21(13,34)11(24)16(36-12)29-6-26-10-14(25)27-19(23)28-15(10)29/h2-4,6,11-13,16,34H,5H2,1H3,(H,30,31)(H,32,33)(H2,25,27,28)/t11-,12-,13?,16-,21+/m1/s1. The predicted octanol–water partition coefficient (Wildman–Crippen LogP) is 1.24. The summed E-state index contributed by atoms with van der Waals surface area (Å²) in [6, 6.07) is 4.15. The number of aliphatic hydroxyl groups is 1. The molecule has 5 rings (SSSR count). The highest BCUT2D eigenvalue weighted by Gasteiger charge is 2.80. The Balaban J connectivity index is 1.42. The Morgan fingerprint density at radius 1 is 1.30 bits per heavy atom. The lowest BCUT2D eigenvalue weighted by Gasteiger charge is -2.29. The van der Waals surface area contributed by atoms with E-state index >= 15 is 4.39 Å². The molecule has 196 valence electrons. The van der Waals surface area contributed by atoms with Crippen molar-refractivity contribution >= 4 is 52.1 Å².